The minimum absolute atomic E-state index is 0.462. The summed E-state index contributed by atoms with van der Waals surface area (Å²) in [5, 5.41) is 4.40. The van der Waals surface area contributed by atoms with Crippen LogP contribution < -0.4 is 15.0 Å². The maximum atomic E-state index is 6.18. The summed E-state index contributed by atoms with van der Waals surface area (Å²) < 4.78 is 11.7. The lowest BCUT2D eigenvalue weighted by atomic mass is 10.2. The van der Waals surface area contributed by atoms with Crippen LogP contribution in [-0.2, 0) is 17.9 Å². The van der Waals surface area contributed by atoms with Crippen molar-refractivity contribution in [3.63, 3.8) is 0 Å². The van der Waals surface area contributed by atoms with E-state index in [9.17, 15) is 0 Å². The van der Waals surface area contributed by atoms with Crippen molar-refractivity contribution in [1.82, 2.24) is 9.97 Å². The molecule has 2 heterocycles. The first-order chi connectivity index (χ1) is 15.8. The van der Waals surface area contributed by atoms with Gasteiger partial charge in [0.25, 0.3) is 0 Å². The number of hydrogen-bond donors (Lipinski definition) is 1. The smallest absolute Gasteiger partial charge is 0.229 e. The van der Waals surface area contributed by atoms with Crippen molar-refractivity contribution in [3.8, 4) is 5.88 Å². The summed E-state index contributed by atoms with van der Waals surface area (Å²) in [4.78, 5) is 11.8. The number of fused-ring (bicyclic) bond motifs is 1. The minimum Gasteiger partial charge on any atom is -0.472 e. The predicted octanol–water partition coefficient (Wildman–Crippen LogP) is 4.66. The zero-order valence-electron chi connectivity index (χ0n) is 17.9. The highest BCUT2D eigenvalue weighted by Crippen LogP contribution is 2.29. The summed E-state index contributed by atoms with van der Waals surface area (Å²) >= 11 is 0. The van der Waals surface area contributed by atoms with Crippen LogP contribution in [0.15, 0.2) is 78.9 Å². The number of benzene rings is 3. The van der Waals surface area contributed by atoms with Gasteiger partial charge in [-0.25, -0.2) is 4.98 Å². The van der Waals surface area contributed by atoms with E-state index < -0.39 is 0 Å². The Labute approximate surface area is 187 Å². The number of anilines is 2. The lowest BCUT2D eigenvalue weighted by Crippen LogP contribution is -2.37. The Kier molecular flexibility index (Phi) is 6.12. The van der Waals surface area contributed by atoms with Gasteiger partial charge in [-0.05, 0) is 29.3 Å². The molecular weight excluding hydrogens is 400 g/mol. The summed E-state index contributed by atoms with van der Waals surface area (Å²) in [6.07, 6.45) is 0. The van der Waals surface area contributed by atoms with Crippen LogP contribution in [0.1, 0.15) is 11.1 Å². The molecule has 0 radical (unpaired) electrons. The van der Waals surface area contributed by atoms with Crippen LogP contribution in [0.5, 0.6) is 5.88 Å². The zero-order valence-corrected chi connectivity index (χ0v) is 17.9. The standard InChI is InChI=1S/C26H26N4O2/c1-3-7-20(8-4-1)18-27-22-11-12-23-24(17-22)28-26(30-13-15-31-16-14-30)29-25(23)32-19-21-9-5-2-6-10-21/h1-12,17,27H,13-16,18-19H2. The molecule has 0 aliphatic carbocycles. The van der Waals surface area contributed by atoms with Gasteiger partial charge in [-0.1, -0.05) is 60.7 Å². The Morgan fingerprint density at radius 1 is 0.844 bits per heavy atom. The van der Waals surface area contributed by atoms with Gasteiger partial charge in [0.15, 0.2) is 0 Å². The number of nitrogens with zero attached hydrogens (tertiary/aromatic N) is 3. The van der Waals surface area contributed by atoms with Crippen molar-refractivity contribution in [2.75, 3.05) is 36.5 Å². The van der Waals surface area contributed by atoms with E-state index >= 15 is 0 Å². The second kappa shape index (κ2) is 9.66. The highest BCUT2D eigenvalue weighted by atomic mass is 16.5. The molecule has 0 atom stereocenters. The molecule has 32 heavy (non-hydrogen) atoms. The largest absolute Gasteiger partial charge is 0.472 e. The summed E-state index contributed by atoms with van der Waals surface area (Å²) in [5.74, 6) is 1.29. The number of morpholine rings is 1. The Hall–Kier alpha value is -3.64. The molecule has 4 aromatic rings. The van der Waals surface area contributed by atoms with Gasteiger partial charge in [0.05, 0.1) is 24.1 Å². The third-order valence-corrected chi connectivity index (χ3v) is 5.50. The molecule has 6 heteroatoms. The molecule has 3 aromatic carbocycles. The van der Waals surface area contributed by atoms with Gasteiger partial charge in [-0.15, -0.1) is 0 Å². The van der Waals surface area contributed by atoms with E-state index in [1.54, 1.807) is 0 Å². The Morgan fingerprint density at radius 2 is 1.56 bits per heavy atom. The normalized spacial score (nSPS) is 13.8. The highest BCUT2D eigenvalue weighted by Gasteiger charge is 2.17. The molecule has 1 N–H and O–H groups in total. The van der Waals surface area contributed by atoms with Crippen LogP contribution in [0.3, 0.4) is 0 Å². The van der Waals surface area contributed by atoms with E-state index in [4.69, 9.17) is 19.4 Å². The first-order valence-electron chi connectivity index (χ1n) is 10.9. The molecule has 5 rings (SSSR count). The summed E-state index contributed by atoms with van der Waals surface area (Å²) in [5.41, 5.74) is 4.22. The summed E-state index contributed by atoms with van der Waals surface area (Å²) in [6.45, 7) is 4.13. The number of aromatic nitrogens is 2. The van der Waals surface area contributed by atoms with Crippen LogP contribution in [0, 0.1) is 0 Å². The second-order valence-corrected chi connectivity index (χ2v) is 7.77. The predicted molar refractivity (Wildman–Crippen MR) is 127 cm³/mol. The quantitative estimate of drug-likeness (QED) is 0.464. The van der Waals surface area contributed by atoms with E-state index in [-0.39, 0.29) is 0 Å². The maximum absolute atomic E-state index is 6.18. The van der Waals surface area contributed by atoms with Gasteiger partial charge in [-0.2, -0.15) is 4.98 Å². The van der Waals surface area contributed by atoms with Crippen molar-refractivity contribution >= 4 is 22.5 Å². The molecular formula is C26H26N4O2. The summed E-state index contributed by atoms with van der Waals surface area (Å²) in [7, 11) is 0. The highest BCUT2D eigenvalue weighted by molar-refractivity contribution is 5.87. The summed E-state index contributed by atoms with van der Waals surface area (Å²) in [6, 6.07) is 26.7. The zero-order chi connectivity index (χ0) is 21.6. The minimum atomic E-state index is 0.462. The number of hydrogen-bond acceptors (Lipinski definition) is 6. The Balaban J connectivity index is 1.44. The third-order valence-electron chi connectivity index (χ3n) is 5.50. The first-order valence-corrected chi connectivity index (χ1v) is 10.9. The van der Waals surface area contributed by atoms with E-state index in [2.05, 4.69) is 58.7 Å². The second-order valence-electron chi connectivity index (χ2n) is 7.77. The molecule has 1 aliphatic rings. The third kappa shape index (κ3) is 4.81. The van der Waals surface area contributed by atoms with E-state index in [1.807, 2.05) is 30.3 Å². The number of rotatable bonds is 7. The van der Waals surface area contributed by atoms with Crippen LogP contribution in [0.25, 0.3) is 10.9 Å². The lowest BCUT2D eigenvalue weighted by Gasteiger charge is -2.27. The van der Waals surface area contributed by atoms with Crippen molar-refractivity contribution in [2.24, 2.45) is 0 Å². The Morgan fingerprint density at radius 3 is 2.31 bits per heavy atom. The molecule has 1 aromatic heterocycles. The molecule has 0 spiro atoms. The fourth-order valence-electron chi connectivity index (χ4n) is 3.74. The average molecular weight is 427 g/mol. The van der Waals surface area contributed by atoms with E-state index in [1.165, 1.54) is 5.56 Å². The van der Waals surface area contributed by atoms with Gasteiger partial charge in [0.1, 0.15) is 6.61 Å². The molecule has 1 saturated heterocycles. The molecule has 1 fully saturated rings. The van der Waals surface area contributed by atoms with Crippen molar-refractivity contribution in [3.05, 3.63) is 90.0 Å². The first kappa shape index (κ1) is 20.3. The molecule has 1 aliphatic heterocycles. The lowest BCUT2D eigenvalue weighted by molar-refractivity contribution is 0.122. The maximum Gasteiger partial charge on any atom is 0.229 e. The van der Waals surface area contributed by atoms with Gasteiger partial charge in [0.2, 0.25) is 11.8 Å². The van der Waals surface area contributed by atoms with Crippen molar-refractivity contribution in [2.45, 2.75) is 13.2 Å². The topological polar surface area (TPSA) is 59.5 Å². The van der Waals surface area contributed by atoms with Crippen molar-refractivity contribution in [1.29, 1.82) is 0 Å². The molecule has 0 amide bonds. The molecule has 162 valence electrons. The average Bonchev–Trinajstić information content (AvgIpc) is 2.87. The molecule has 0 unspecified atom stereocenters. The van der Waals surface area contributed by atoms with Crippen LogP contribution >= 0.6 is 0 Å². The molecule has 6 nitrogen and oxygen atoms in total. The molecule has 0 saturated carbocycles. The fourth-order valence-corrected chi connectivity index (χ4v) is 3.74. The van der Waals surface area contributed by atoms with Gasteiger partial charge < -0.3 is 19.7 Å². The van der Waals surface area contributed by atoms with Gasteiger partial charge in [-0.3, -0.25) is 0 Å². The van der Waals surface area contributed by atoms with Gasteiger partial charge in [0, 0.05) is 25.3 Å². The Bertz CT molecular complexity index is 1160. The fraction of sp³-hybridized carbons (Fsp3) is 0.231. The van der Waals surface area contributed by atoms with Crippen LogP contribution in [0.4, 0.5) is 11.6 Å². The number of nitrogens with one attached hydrogen (secondary N) is 1. The van der Waals surface area contributed by atoms with Crippen molar-refractivity contribution < 1.29 is 9.47 Å². The van der Waals surface area contributed by atoms with Crippen LogP contribution in [0.2, 0.25) is 0 Å². The number of ether oxygens (including phenoxy) is 2. The van der Waals surface area contributed by atoms with Crippen LogP contribution in [-0.4, -0.2) is 36.3 Å². The molecule has 0 bridgehead atoms. The SMILES string of the molecule is c1ccc(CNc2ccc3c(OCc4ccccc4)nc(N4CCOCC4)nc3c2)cc1. The van der Waals surface area contributed by atoms with Gasteiger partial charge >= 0.3 is 0 Å². The van der Waals surface area contributed by atoms with E-state index in [0.29, 0.717) is 31.6 Å². The van der Waals surface area contributed by atoms with E-state index in [0.717, 1.165) is 41.8 Å². The monoisotopic (exact) mass is 426 g/mol.